The standard InChI is InChI=1S/C16H17ClN2OS/c1-20-13-2-4-15-12(10-13)6-8-19(15)9-7-18-11-14-3-5-16(17)21-14/h2-6,8,10,18H,7,9,11H2,1H3. The summed E-state index contributed by atoms with van der Waals surface area (Å²) < 4.78 is 8.35. The van der Waals surface area contributed by atoms with Gasteiger partial charge in [-0.2, -0.15) is 0 Å². The van der Waals surface area contributed by atoms with E-state index in [2.05, 4.69) is 40.3 Å². The van der Waals surface area contributed by atoms with Crippen LogP contribution in [-0.4, -0.2) is 18.2 Å². The van der Waals surface area contributed by atoms with E-state index >= 15 is 0 Å². The van der Waals surface area contributed by atoms with Crippen LogP contribution in [0.15, 0.2) is 42.6 Å². The van der Waals surface area contributed by atoms with Gasteiger partial charge in [-0.25, -0.2) is 0 Å². The molecule has 0 aliphatic carbocycles. The van der Waals surface area contributed by atoms with E-state index in [0.717, 1.165) is 29.7 Å². The molecule has 3 nitrogen and oxygen atoms in total. The second kappa shape index (κ2) is 6.52. The summed E-state index contributed by atoms with van der Waals surface area (Å²) in [6.45, 7) is 2.73. The molecular formula is C16H17ClN2OS. The first-order valence-corrected chi connectivity index (χ1v) is 8.03. The highest BCUT2D eigenvalue weighted by Gasteiger charge is 2.02. The highest BCUT2D eigenvalue weighted by Crippen LogP contribution is 2.22. The van der Waals surface area contributed by atoms with Gasteiger partial charge in [0, 0.05) is 41.6 Å². The zero-order valence-electron chi connectivity index (χ0n) is 11.8. The van der Waals surface area contributed by atoms with E-state index in [1.165, 1.54) is 15.8 Å². The van der Waals surface area contributed by atoms with Crippen molar-refractivity contribution in [3.05, 3.63) is 51.8 Å². The molecule has 21 heavy (non-hydrogen) atoms. The number of fused-ring (bicyclic) bond motifs is 1. The first-order chi connectivity index (χ1) is 10.3. The van der Waals surface area contributed by atoms with Crippen LogP contribution in [-0.2, 0) is 13.1 Å². The Bertz CT molecular complexity index is 735. The number of methoxy groups -OCH3 is 1. The Kier molecular flexibility index (Phi) is 4.48. The molecule has 3 rings (SSSR count). The zero-order chi connectivity index (χ0) is 14.7. The van der Waals surface area contributed by atoms with Crippen molar-refractivity contribution in [2.75, 3.05) is 13.7 Å². The van der Waals surface area contributed by atoms with Gasteiger partial charge in [0.15, 0.2) is 0 Å². The molecule has 1 aromatic carbocycles. The Balaban J connectivity index is 1.58. The molecule has 5 heteroatoms. The molecule has 0 radical (unpaired) electrons. The minimum Gasteiger partial charge on any atom is -0.497 e. The Morgan fingerprint density at radius 2 is 2.14 bits per heavy atom. The molecule has 0 spiro atoms. The van der Waals surface area contributed by atoms with Crippen molar-refractivity contribution in [1.29, 1.82) is 0 Å². The highest BCUT2D eigenvalue weighted by molar-refractivity contribution is 7.16. The maximum atomic E-state index is 5.92. The quantitative estimate of drug-likeness (QED) is 0.690. The first kappa shape index (κ1) is 14.4. The summed E-state index contributed by atoms with van der Waals surface area (Å²) >= 11 is 7.55. The zero-order valence-corrected chi connectivity index (χ0v) is 13.4. The van der Waals surface area contributed by atoms with Gasteiger partial charge in [-0.15, -0.1) is 11.3 Å². The summed E-state index contributed by atoms with van der Waals surface area (Å²) in [6, 6.07) is 12.3. The summed E-state index contributed by atoms with van der Waals surface area (Å²) in [5.41, 5.74) is 1.23. The van der Waals surface area contributed by atoms with Crippen LogP contribution in [0.25, 0.3) is 10.9 Å². The smallest absolute Gasteiger partial charge is 0.119 e. The van der Waals surface area contributed by atoms with Crippen molar-refractivity contribution < 1.29 is 4.74 Å². The topological polar surface area (TPSA) is 26.2 Å². The number of aromatic nitrogens is 1. The van der Waals surface area contributed by atoms with Crippen LogP contribution in [0.4, 0.5) is 0 Å². The summed E-state index contributed by atoms with van der Waals surface area (Å²) in [5, 5.41) is 4.65. The van der Waals surface area contributed by atoms with Crippen LogP contribution in [0.5, 0.6) is 5.75 Å². The molecule has 0 atom stereocenters. The third-order valence-electron chi connectivity index (χ3n) is 3.44. The molecule has 3 aromatic rings. The molecular weight excluding hydrogens is 304 g/mol. The van der Waals surface area contributed by atoms with Gasteiger partial charge in [-0.05, 0) is 36.4 Å². The lowest BCUT2D eigenvalue weighted by Gasteiger charge is -2.07. The summed E-state index contributed by atoms with van der Waals surface area (Å²) in [7, 11) is 1.69. The van der Waals surface area contributed by atoms with Gasteiger partial charge in [-0.1, -0.05) is 11.6 Å². The fourth-order valence-corrected chi connectivity index (χ4v) is 3.42. The van der Waals surface area contributed by atoms with E-state index in [9.17, 15) is 0 Å². The first-order valence-electron chi connectivity index (χ1n) is 6.84. The van der Waals surface area contributed by atoms with Gasteiger partial charge in [0.1, 0.15) is 5.75 Å². The molecule has 0 fully saturated rings. The van der Waals surface area contributed by atoms with E-state index in [4.69, 9.17) is 16.3 Å². The van der Waals surface area contributed by atoms with Crippen LogP contribution in [0, 0.1) is 0 Å². The maximum Gasteiger partial charge on any atom is 0.119 e. The Morgan fingerprint density at radius 3 is 2.90 bits per heavy atom. The number of halogens is 1. The van der Waals surface area contributed by atoms with Gasteiger partial charge in [0.2, 0.25) is 0 Å². The monoisotopic (exact) mass is 320 g/mol. The van der Waals surface area contributed by atoms with Gasteiger partial charge >= 0.3 is 0 Å². The number of thiophene rings is 1. The van der Waals surface area contributed by atoms with Gasteiger partial charge in [0.05, 0.1) is 11.4 Å². The van der Waals surface area contributed by atoms with Crippen molar-refractivity contribution in [3.63, 3.8) is 0 Å². The number of nitrogens with zero attached hydrogens (tertiary/aromatic N) is 1. The predicted molar refractivity (Wildman–Crippen MR) is 89.5 cm³/mol. The Morgan fingerprint density at radius 1 is 1.24 bits per heavy atom. The molecule has 110 valence electrons. The van der Waals surface area contributed by atoms with Crippen molar-refractivity contribution >= 4 is 33.8 Å². The van der Waals surface area contributed by atoms with Crippen LogP contribution < -0.4 is 10.1 Å². The van der Waals surface area contributed by atoms with Gasteiger partial charge in [0.25, 0.3) is 0 Å². The highest BCUT2D eigenvalue weighted by atomic mass is 35.5. The van der Waals surface area contributed by atoms with E-state index in [-0.39, 0.29) is 0 Å². The van der Waals surface area contributed by atoms with Gasteiger partial charge in [-0.3, -0.25) is 0 Å². The largest absolute Gasteiger partial charge is 0.497 e. The number of nitrogens with one attached hydrogen (secondary N) is 1. The third kappa shape index (κ3) is 3.40. The van der Waals surface area contributed by atoms with Crippen LogP contribution in [0.1, 0.15) is 4.88 Å². The third-order valence-corrected chi connectivity index (χ3v) is 4.67. The molecule has 0 saturated heterocycles. The van der Waals surface area contributed by atoms with E-state index in [0.29, 0.717) is 0 Å². The van der Waals surface area contributed by atoms with Crippen molar-refractivity contribution in [3.8, 4) is 5.75 Å². The molecule has 0 unspecified atom stereocenters. The second-order valence-electron chi connectivity index (χ2n) is 4.82. The number of benzene rings is 1. The van der Waals surface area contributed by atoms with Crippen LogP contribution in [0.3, 0.4) is 0 Å². The van der Waals surface area contributed by atoms with Crippen LogP contribution >= 0.6 is 22.9 Å². The van der Waals surface area contributed by atoms with Crippen molar-refractivity contribution in [2.45, 2.75) is 13.1 Å². The second-order valence-corrected chi connectivity index (χ2v) is 6.62. The van der Waals surface area contributed by atoms with Crippen LogP contribution in [0.2, 0.25) is 4.34 Å². The molecule has 0 aliphatic heterocycles. The lowest BCUT2D eigenvalue weighted by Crippen LogP contribution is -2.18. The molecule has 0 aliphatic rings. The lowest BCUT2D eigenvalue weighted by atomic mass is 10.2. The fraction of sp³-hybridized carbons (Fsp3) is 0.250. The summed E-state index contributed by atoms with van der Waals surface area (Å²) in [5.74, 6) is 0.896. The maximum absolute atomic E-state index is 5.92. The summed E-state index contributed by atoms with van der Waals surface area (Å²) in [4.78, 5) is 1.27. The normalized spacial score (nSPS) is 11.1. The Labute approximate surface area is 133 Å². The Hall–Kier alpha value is -1.49. The van der Waals surface area contributed by atoms with Crippen molar-refractivity contribution in [2.24, 2.45) is 0 Å². The molecule has 1 N–H and O–H groups in total. The van der Waals surface area contributed by atoms with Crippen molar-refractivity contribution in [1.82, 2.24) is 9.88 Å². The molecule has 2 aromatic heterocycles. The minimum absolute atomic E-state index is 0.845. The van der Waals surface area contributed by atoms with E-state index in [1.54, 1.807) is 18.4 Å². The van der Waals surface area contributed by atoms with E-state index in [1.807, 2.05) is 12.1 Å². The molecule has 0 saturated carbocycles. The number of ether oxygens (including phenoxy) is 1. The average Bonchev–Trinajstić information content (AvgIpc) is 3.09. The minimum atomic E-state index is 0.845. The van der Waals surface area contributed by atoms with E-state index < -0.39 is 0 Å². The number of rotatable bonds is 6. The van der Waals surface area contributed by atoms with Gasteiger partial charge < -0.3 is 14.6 Å². The molecule has 2 heterocycles. The number of hydrogen-bond acceptors (Lipinski definition) is 3. The average molecular weight is 321 g/mol. The fourth-order valence-electron chi connectivity index (χ4n) is 2.36. The molecule has 0 bridgehead atoms. The summed E-state index contributed by atoms with van der Waals surface area (Å²) in [6.07, 6.45) is 2.12. The SMILES string of the molecule is COc1ccc2c(ccn2CCNCc2ccc(Cl)s2)c1. The molecule has 0 amide bonds. The number of hydrogen-bond donors (Lipinski definition) is 1. The predicted octanol–water partition coefficient (Wildman–Crippen LogP) is 4.15. The lowest BCUT2D eigenvalue weighted by molar-refractivity contribution is 0.415.